The molecule has 3 nitrogen and oxygen atoms in total. The molecule has 1 fully saturated rings. The molecular formula is C27H27ClN2O. The lowest BCUT2D eigenvalue weighted by atomic mass is 10.1. The molecule has 3 aromatic rings. The molecule has 1 aromatic heterocycles. The topological polar surface area (TPSA) is 25.4 Å². The third-order valence-corrected chi connectivity index (χ3v) is 5.68. The van der Waals surface area contributed by atoms with E-state index in [4.69, 9.17) is 16.3 Å². The number of hydrogen-bond acceptors (Lipinski definition) is 3. The van der Waals surface area contributed by atoms with Crippen LogP contribution >= 0.6 is 11.6 Å². The summed E-state index contributed by atoms with van der Waals surface area (Å²) in [5.41, 5.74) is 3.82. The van der Waals surface area contributed by atoms with Gasteiger partial charge in [-0.15, -0.1) is 0 Å². The summed E-state index contributed by atoms with van der Waals surface area (Å²) in [7, 11) is 0. The average Bonchev–Trinajstić information content (AvgIpc) is 2.80. The average molecular weight is 431 g/mol. The Balaban J connectivity index is 1.33. The van der Waals surface area contributed by atoms with E-state index >= 15 is 0 Å². The fourth-order valence-electron chi connectivity index (χ4n) is 3.81. The molecule has 1 aliphatic rings. The molecular weight excluding hydrogens is 404 g/mol. The van der Waals surface area contributed by atoms with E-state index in [1.807, 2.05) is 66.9 Å². The number of ether oxygens (including phenoxy) is 1. The maximum absolute atomic E-state index is 6.09. The van der Waals surface area contributed by atoms with Gasteiger partial charge in [0.05, 0.1) is 0 Å². The summed E-state index contributed by atoms with van der Waals surface area (Å²) in [6, 6.07) is 19.7. The zero-order chi connectivity index (χ0) is 21.5. The van der Waals surface area contributed by atoms with E-state index in [9.17, 15) is 0 Å². The van der Waals surface area contributed by atoms with Crippen molar-refractivity contribution in [1.82, 2.24) is 9.88 Å². The second-order valence-corrected chi connectivity index (χ2v) is 8.44. The summed E-state index contributed by atoms with van der Waals surface area (Å²) in [4.78, 5) is 6.97. The van der Waals surface area contributed by atoms with Crippen LogP contribution in [0.2, 0.25) is 5.02 Å². The first-order valence-electron chi connectivity index (χ1n) is 10.9. The monoisotopic (exact) mass is 430 g/mol. The maximum atomic E-state index is 6.09. The quantitative estimate of drug-likeness (QED) is 0.460. The van der Waals surface area contributed by atoms with Crippen molar-refractivity contribution in [2.45, 2.75) is 32.3 Å². The molecule has 1 unspecified atom stereocenters. The van der Waals surface area contributed by atoms with E-state index in [2.05, 4.69) is 28.6 Å². The van der Waals surface area contributed by atoms with E-state index in [1.165, 1.54) is 32.4 Å². The molecule has 2 heterocycles. The Kier molecular flexibility index (Phi) is 7.25. The SMILES string of the molecule is CC(CN1CCCCC1)Oc1ccc(C#Cc2ccc(-c3ccc(Cl)cc3)cn2)cc1. The number of pyridine rings is 1. The molecule has 0 N–H and O–H groups in total. The van der Waals surface area contributed by atoms with Gasteiger partial charge in [-0.25, -0.2) is 4.98 Å². The van der Waals surface area contributed by atoms with Crippen molar-refractivity contribution in [3.8, 4) is 28.7 Å². The van der Waals surface area contributed by atoms with Gasteiger partial charge >= 0.3 is 0 Å². The normalized spacial score (nSPS) is 15.0. The van der Waals surface area contributed by atoms with Crippen molar-refractivity contribution in [3.05, 3.63) is 83.1 Å². The van der Waals surface area contributed by atoms with Crippen LogP contribution in [0.1, 0.15) is 37.4 Å². The predicted octanol–water partition coefficient (Wildman–Crippen LogP) is 6.06. The highest BCUT2D eigenvalue weighted by Crippen LogP contribution is 2.21. The highest BCUT2D eigenvalue weighted by Gasteiger charge is 2.14. The van der Waals surface area contributed by atoms with Crippen LogP contribution in [0, 0.1) is 11.8 Å². The molecule has 1 saturated heterocycles. The van der Waals surface area contributed by atoms with Gasteiger partial charge in [0.1, 0.15) is 17.5 Å². The van der Waals surface area contributed by atoms with E-state index in [0.717, 1.165) is 39.7 Å². The zero-order valence-electron chi connectivity index (χ0n) is 17.9. The third kappa shape index (κ3) is 6.34. The molecule has 158 valence electrons. The maximum Gasteiger partial charge on any atom is 0.119 e. The minimum Gasteiger partial charge on any atom is -0.489 e. The largest absolute Gasteiger partial charge is 0.489 e. The van der Waals surface area contributed by atoms with Crippen LogP contribution < -0.4 is 4.74 Å². The fourth-order valence-corrected chi connectivity index (χ4v) is 3.94. The van der Waals surface area contributed by atoms with E-state index in [-0.39, 0.29) is 6.10 Å². The van der Waals surface area contributed by atoms with Crippen molar-refractivity contribution < 1.29 is 4.74 Å². The zero-order valence-corrected chi connectivity index (χ0v) is 18.6. The van der Waals surface area contributed by atoms with Gasteiger partial charge in [0.15, 0.2) is 0 Å². The van der Waals surface area contributed by atoms with Gasteiger partial charge in [-0.05, 0) is 86.8 Å². The molecule has 31 heavy (non-hydrogen) atoms. The number of likely N-dealkylation sites (tertiary alicyclic amines) is 1. The Labute approximate surface area is 190 Å². The molecule has 1 atom stereocenters. The summed E-state index contributed by atoms with van der Waals surface area (Å²) in [6.07, 6.45) is 5.99. The standard InChI is InChI=1S/C27H27ClN2O/c1-21(20-30-17-3-2-4-18-30)31-27-15-6-22(7-16-27)5-13-26-14-10-24(19-29-26)23-8-11-25(28)12-9-23/h6-12,14-16,19,21H,2-4,17-18,20H2,1H3. The molecule has 4 heteroatoms. The van der Waals surface area contributed by atoms with Crippen molar-refractivity contribution in [1.29, 1.82) is 0 Å². The molecule has 0 radical (unpaired) electrons. The summed E-state index contributed by atoms with van der Waals surface area (Å²) in [6.45, 7) is 5.51. The first-order chi connectivity index (χ1) is 15.2. The predicted molar refractivity (Wildman–Crippen MR) is 127 cm³/mol. The van der Waals surface area contributed by atoms with Gasteiger partial charge in [0, 0.05) is 28.9 Å². The van der Waals surface area contributed by atoms with Crippen molar-refractivity contribution >= 4 is 11.6 Å². The van der Waals surface area contributed by atoms with Gasteiger partial charge in [0.2, 0.25) is 0 Å². The highest BCUT2D eigenvalue weighted by atomic mass is 35.5. The Bertz CT molecular complexity index is 1030. The summed E-state index contributed by atoms with van der Waals surface area (Å²) >= 11 is 5.95. The van der Waals surface area contributed by atoms with Gasteiger partial charge in [-0.1, -0.05) is 42.1 Å². The first kappa shape index (κ1) is 21.4. The van der Waals surface area contributed by atoms with Crippen LogP contribution in [-0.2, 0) is 0 Å². The first-order valence-corrected chi connectivity index (χ1v) is 11.3. The Morgan fingerprint density at radius 1 is 0.903 bits per heavy atom. The smallest absolute Gasteiger partial charge is 0.119 e. The third-order valence-electron chi connectivity index (χ3n) is 5.43. The number of rotatable bonds is 5. The molecule has 0 spiro atoms. The lowest BCUT2D eigenvalue weighted by molar-refractivity contribution is 0.130. The number of halogens is 1. The molecule has 0 bridgehead atoms. The van der Waals surface area contributed by atoms with Crippen molar-refractivity contribution in [3.63, 3.8) is 0 Å². The Hall–Kier alpha value is -2.80. The molecule has 4 rings (SSSR count). The molecule has 0 saturated carbocycles. The van der Waals surface area contributed by atoms with Crippen LogP contribution in [0.25, 0.3) is 11.1 Å². The second-order valence-electron chi connectivity index (χ2n) is 8.00. The van der Waals surface area contributed by atoms with E-state index < -0.39 is 0 Å². The van der Waals surface area contributed by atoms with Crippen LogP contribution in [0.5, 0.6) is 5.75 Å². The van der Waals surface area contributed by atoms with E-state index in [1.54, 1.807) is 0 Å². The number of piperidine rings is 1. The van der Waals surface area contributed by atoms with Gasteiger partial charge in [-0.2, -0.15) is 0 Å². The van der Waals surface area contributed by atoms with Gasteiger partial charge in [-0.3, -0.25) is 4.90 Å². The second kappa shape index (κ2) is 10.5. The van der Waals surface area contributed by atoms with Crippen LogP contribution in [0.3, 0.4) is 0 Å². The van der Waals surface area contributed by atoms with E-state index in [0.29, 0.717) is 0 Å². The number of nitrogens with zero attached hydrogens (tertiary/aromatic N) is 2. The Morgan fingerprint density at radius 2 is 1.61 bits per heavy atom. The summed E-state index contributed by atoms with van der Waals surface area (Å²) in [5, 5.41) is 0.729. The molecule has 1 aliphatic heterocycles. The number of aromatic nitrogens is 1. The van der Waals surface area contributed by atoms with Crippen molar-refractivity contribution in [2.75, 3.05) is 19.6 Å². The van der Waals surface area contributed by atoms with Crippen LogP contribution in [0.4, 0.5) is 0 Å². The van der Waals surface area contributed by atoms with Crippen molar-refractivity contribution in [2.24, 2.45) is 0 Å². The minimum absolute atomic E-state index is 0.179. The molecule has 2 aromatic carbocycles. The lowest BCUT2D eigenvalue weighted by Crippen LogP contribution is -2.37. The van der Waals surface area contributed by atoms with Gasteiger partial charge in [0.25, 0.3) is 0 Å². The number of benzene rings is 2. The Morgan fingerprint density at radius 3 is 2.29 bits per heavy atom. The molecule has 0 aliphatic carbocycles. The highest BCUT2D eigenvalue weighted by molar-refractivity contribution is 6.30. The molecule has 0 amide bonds. The van der Waals surface area contributed by atoms with Crippen LogP contribution in [0.15, 0.2) is 66.9 Å². The lowest BCUT2D eigenvalue weighted by Gasteiger charge is -2.29. The summed E-state index contributed by atoms with van der Waals surface area (Å²) < 4.78 is 6.09. The summed E-state index contributed by atoms with van der Waals surface area (Å²) in [5.74, 6) is 7.20. The van der Waals surface area contributed by atoms with Crippen LogP contribution in [-0.4, -0.2) is 35.6 Å². The van der Waals surface area contributed by atoms with Gasteiger partial charge < -0.3 is 4.74 Å². The minimum atomic E-state index is 0.179. The number of hydrogen-bond donors (Lipinski definition) is 0. The fraction of sp³-hybridized carbons (Fsp3) is 0.296.